The van der Waals surface area contributed by atoms with Crippen LogP contribution in [0.1, 0.15) is 12.5 Å². The molecule has 1 aromatic rings. The number of carbonyl (C=O) groups is 3. The van der Waals surface area contributed by atoms with Gasteiger partial charge in [-0.1, -0.05) is 29.3 Å². The maximum Gasteiger partial charge on any atom is 0.329 e. The minimum Gasteiger partial charge on any atom is -0.487 e. The topological polar surface area (TPSA) is 69.7 Å². The third-order valence-electron chi connectivity index (χ3n) is 3.63. The number of esters is 1. The quantitative estimate of drug-likeness (QED) is 0.457. The molecular weight excluding hydrogens is 367 g/mol. The molecule has 1 aromatic carbocycles. The van der Waals surface area contributed by atoms with Crippen LogP contribution in [0.25, 0.3) is 6.08 Å². The number of ketones is 2. The maximum atomic E-state index is 12.2. The highest BCUT2D eigenvalue weighted by atomic mass is 35.5. The van der Waals surface area contributed by atoms with E-state index in [0.29, 0.717) is 26.9 Å². The third-order valence-corrected chi connectivity index (χ3v) is 4.13. The molecule has 0 N–H and O–H groups in total. The molecule has 0 saturated carbocycles. The van der Waals surface area contributed by atoms with Crippen LogP contribution in [0.15, 0.2) is 41.7 Å². The lowest BCUT2D eigenvalue weighted by Crippen LogP contribution is -2.34. The first-order chi connectivity index (χ1) is 11.8. The molecular formula is C18H12Cl2O5. The van der Waals surface area contributed by atoms with E-state index in [0.717, 1.165) is 6.08 Å². The zero-order valence-electron chi connectivity index (χ0n) is 13.0. The molecule has 0 bridgehead atoms. The van der Waals surface area contributed by atoms with Crippen molar-refractivity contribution in [1.29, 1.82) is 0 Å². The molecule has 0 fully saturated rings. The van der Waals surface area contributed by atoms with Crippen molar-refractivity contribution in [2.75, 3.05) is 6.61 Å². The Balaban J connectivity index is 1.80. The van der Waals surface area contributed by atoms with Crippen LogP contribution < -0.4 is 4.74 Å². The predicted octanol–water partition coefficient (Wildman–Crippen LogP) is 3.54. The van der Waals surface area contributed by atoms with Crippen molar-refractivity contribution in [2.24, 2.45) is 5.92 Å². The summed E-state index contributed by atoms with van der Waals surface area (Å²) < 4.78 is 10.4. The molecule has 1 atom stereocenters. The Morgan fingerprint density at radius 3 is 2.72 bits per heavy atom. The van der Waals surface area contributed by atoms with Gasteiger partial charge in [0.05, 0.1) is 5.02 Å². The largest absolute Gasteiger partial charge is 0.487 e. The summed E-state index contributed by atoms with van der Waals surface area (Å²) in [7, 11) is 0. The molecule has 25 heavy (non-hydrogen) atoms. The van der Waals surface area contributed by atoms with Crippen LogP contribution in [-0.2, 0) is 19.1 Å². The van der Waals surface area contributed by atoms with E-state index in [1.807, 2.05) is 0 Å². The number of benzene rings is 1. The van der Waals surface area contributed by atoms with Gasteiger partial charge >= 0.3 is 5.97 Å². The van der Waals surface area contributed by atoms with Gasteiger partial charge in [-0.3, -0.25) is 14.4 Å². The molecule has 3 rings (SSSR count). The fourth-order valence-electron chi connectivity index (χ4n) is 2.52. The van der Waals surface area contributed by atoms with E-state index in [4.69, 9.17) is 32.7 Å². The van der Waals surface area contributed by atoms with E-state index in [1.165, 1.54) is 19.1 Å². The molecule has 0 aromatic heterocycles. The van der Waals surface area contributed by atoms with Crippen molar-refractivity contribution >= 4 is 46.8 Å². The van der Waals surface area contributed by atoms with Gasteiger partial charge in [-0.05, 0) is 36.8 Å². The maximum absolute atomic E-state index is 12.2. The normalized spacial score (nSPS) is 19.7. The van der Waals surface area contributed by atoms with Gasteiger partial charge < -0.3 is 9.47 Å². The standard InChI is InChI=1S/C18H12Cl2O5/c1-9-4-15(22)16(18(23)25-9)14(21)3-2-10-5-11-6-12(19)7-13(20)17(11)24-8-10/h2-7,16H,8H2,1H3/b3-2+. The van der Waals surface area contributed by atoms with Crippen molar-refractivity contribution in [1.82, 2.24) is 0 Å². The molecule has 0 saturated heterocycles. The molecule has 0 spiro atoms. The van der Waals surface area contributed by atoms with Crippen LogP contribution in [0.2, 0.25) is 10.0 Å². The van der Waals surface area contributed by atoms with Crippen molar-refractivity contribution in [3.63, 3.8) is 0 Å². The lowest BCUT2D eigenvalue weighted by Gasteiger charge is -2.18. The zero-order chi connectivity index (χ0) is 18.1. The smallest absolute Gasteiger partial charge is 0.329 e. The van der Waals surface area contributed by atoms with Gasteiger partial charge in [0.2, 0.25) is 0 Å². The highest BCUT2D eigenvalue weighted by molar-refractivity contribution is 6.36. The molecule has 2 heterocycles. The second-order valence-electron chi connectivity index (χ2n) is 5.56. The van der Waals surface area contributed by atoms with E-state index < -0.39 is 23.5 Å². The fourth-order valence-corrected chi connectivity index (χ4v) is 3.09. The van der Waals surface area contributed by atoms with Gasteiger partial charge in [0.1, 0.15) is 18.1 Å². The highest BCUT2D eigenvalue weighted by Crippen LogP contribution is 2.36. The number of halogens is 2. The second-order valence-corrected chi connectivity index (χ2v) is 6.40. The molecule has 2 aliphatic rings. The molecule has 1 unspecified atom stereocenters. The van der Waals surface area contributed by atoms with E-state index in [1.54, 1.807) is 18.2 Å². The molecule has 2 aliphatic heterocycles. The first-order valence-electron chi connectivity index (χ1n) is 7.33. The number of carbonyl (C=O) groups excluding carboxylic acids is 3. The molecule has 0 amide bonds. The number of rotatable bonds is 3. The van der Waals surface area contributed by atoms with Gasteiger partial charge in [0.15, 0.2) is 17.5 Å². The monoisotopic (exact) mass is 378 g/mol. The number of hydrogen-bond acceptors (Lipinski definition) is 5. The highest BCUT2D eigenvalue weighted by Gasteiger charge is 2.36. The van der Waals surface area contributed by atoms with Crippen molar-refractivity contribution < 1.29 is 23.9 Å². The minimum atomic E-state index is -1.46. The van der Waals surface area contributed by atoms with E-state index in [2.05, 4.69) is 0 Å². The number of ether oxygens (including phenoxy) is 2. The molecule has 0 aliphatic carbocycles. The summed E-state index contributed by atoms with van der Waals surface area (Å²) >= 11 is 12.0. The Morgan fingerprint density at radius 1 is 1.24 bits per heavy atom. The molecule has 5 nitrogen and oxygen atoms in total. The first kappa shape index (κ1) is 17.5. The second kappa shape index (κ2) is 6.86. The number of allylic oxidation sites excluding steroid dienone is 3. The third kappa shape index (κ3) is 3.67. The van der Waals surface area contributed by atoms with E-state index in [9.17, 15) is 14.4 Å². The molecule has 128 valence electrons. The number of fused-ring (bicyclic) bond motifs is 1. The SMILES string of the molecule is CC1=CC(=O)C(C(=O)/C=C/C2=Cc3cc(Cl)cc(Cl)c3OC2)C(=O)O1. The summed E-state index contributed by atoms with van der Waals surface area (Å²) in [5.74, 6) is -2.85. The Hall–Kier alpha value is -2.37. The van der Waals surface area contributed by atoms with Gasteiger partial charge in [0.25, 0.3) is 0 Å². The van der Waals surface area contributed by atoms with Crippen LogP contribution in [-0.4, -0.2) is 24.1 Å². The Bertz CT molecular complexity index is 880. The van der Waals surface area contributed by atoms with Crippen molar-refractivity contribution in [3.8, 4) is 5.75 Å². The van der Waals surface area contributed by atoms with Crippen LogP contribution in [0.3, 0.4) is 0 Å². The van der Waals surface area contributed by atoms with Crippen LogP contribution in [0.4, 0.5) is 0 Å². The van der Waals surface area contributed by atoms with E-state index in [-0.39, 0.29) is 12.4 Å². The van der Waals surface area contributed by atoms with Gasteiger partial charge in [-0.15, -0.1) is 0 Å². The summed E-state index contributed by atoms with van der Waals surface area (Å²) in [5.41, 5.74) is 1.35. The Labute approximate surface area is 153 Å². The molecule has 0 radical (unpaired) electrons. The molecule has 7 heteroatoms. The van der Waals surface area contributed by atoms with Crippen molar-refractivity contribution in [2.45, 2.75) is 6.92 Å². The summed E-state index contributed by atoms with van der Waals surface area (Å²) in [6.45, 7) is 1.67. The summed E-state index contributed by atoms with van der Waals surface area (Å²) in [4.78, 5) is 35.8. The van der Waals surface area contributed by atoms with Gasteiger partial charge in [-0.25, -0.2) is 0 Å². The van der Waals surface area contributed by atoms with Crippen LogP contribution in [0.5, 0.6) is 5.75 Å². The first-order valence-corrected chi connectivity index (χ1v) is 8.09. The number of cyclic esters (lactones) is 1. The summed E-state index contributed by atoms with van der Waals surface area (Å²) in [5, 5.41) is 0.859. The lowest BCUT2D eigenvalue weighted by atomic mass is 9.95. The Morgan fingerprint density at radius 2 is 2.00 bits per heavy atom. The average molecular weight is 379 g/mol. The van der Waals surface area contributed by atoms with Crippen LogP contribution >= 0.6 is 23.2 Å². The minimum absolute atomic E-state index is 0.178. The Kier molecular flexibility index (Phi) is 4.79. The number of hydrogen-bond donors (Lipinski definition) is 0. The van der Waals surface area contributed by atoms with E-state index >= 15 is 0 Å². The lowest BCUT2D eigenvalue weighted by molar-refractivity contribution is -0.151. The average Bonchev–Trinajstić information content (AvgIpc) is 2.51. The summed E-state index contributed by atoms with van der Waals surface area (Å²) in [6.07, 6.45) is 5.57. The van der Waals surface area contributed by atoms with Gasteiger partial charge in [-0.2, -0.15) is 0 Å². The van der Waals surface area contributed by atoms with Crippen molar-refractivity contribution in [3.05, 3.63) is 57.3 Å². The predicted molar refractivity (Wildman–Crippen MR) is 92.4 cm³/mol. The fraction of sp³-hybridized carbons (Fsp3) is 0.167. The summed E-state index contributed by atoms with van der Waals surface area (Å²) in [6, 6.07) is 3.27. The van der Waals surface area contributed by atoms with Crippen LogP contribution in [0, 0.1) is 5.92 Å². The van der Waals surface area contributed by atoms with Gasteiger partial charge in [0, 0.05) is 16.7 Å². The zero-order valence-corrected chi connectivity index (χ0v) is 14.6.